The van der Waals surface area contributed by atoms with Gasteiger partial charge in [0.1, 0.15) is 5.41 Å². The highest BCUT2D eigenvalue weighted by atomic mass is 16.5. The first kappa shape index (κ1) is 14.1. The van der Waals surface area contributed by atoms with E-state index in [0.29, 0.717) is 31.0 Å². The second-order valence-electron chi connectivity index (χ2n) is 4.69. The van der Waals surface area contributed by atoms with Crippen molar-refractivity contribution in [2.24, 2.45) is 16.3 Å². The van der Waals surface area contributed by atoms with Gasteiger partial charge >= 0.3 is 0 Å². The lowest BCUT2D eigenvalue weighted by Gasteiger charge is -2.38. The minimum atomic E-state index is -0.895. The molecule has 1 heterocycles. The van der Waals surface area contributed by atoms with Crippen LogP contribution in [0.15, 0.2) is 23.5 Å². The van der Waals surface area contributed by atoms with Gasteiger partial charge in [-0.25, -0.2) is 4.98 Å². The van der Waals surface area contributed by atoms with E-state index < -0.39 is 5.41 Å². The summed E-state index contributed by atoms with van der Waals surface area (Å²) in [5, 5.41) is 14.5. The van der Waals surface area contributed by atoms with E-state index in [-0.39, 0.29) is 11.7 Å². The van der Waals surface area contributed by atoms with Gasteiger partial charge < -0.3 is 21.0 Å². The van der Waals surface area contributed by atoms with Crippen molar-refractivity contribution in [2.45, 2.75) is 26.2 Å². The van der Waals surface area contributed by atoms with E-state index in [1.165, 1.54) is 6.20 Å². The molecule has 4 N–H and O–H groups in total. The third-order valence-corrected chi connectivity index (χ3v) is 3.53. The van der Waals surface area contributed by atoms with E-state index in [9.17, 15) is 4.79 Å². The first-order chi connectivity index (χ1) is 9.62. The Morgan fingerprint density at radius 1 is 1.60 bits per heavy atom. The number of nitrogens with one attached hydrogen (secondary N) is 1. The fourth-order valence-corrected chi connectivity index (χ4v) is 2.16. The van der Waals surface area contributed by atoms with E-state index in [2.05, 4.69) is 15.5 Å². The maximum atomic E-state index is 12.3. The Kier molecular flexibility index (Phi) is 4.07. The van der Waals surface area contributed by atoms with Gasteiger partial charge in [0.05, 0.1) is 18.5 Å². The first-order valence-corrected chi connectivity index (χ1v) is 6.50. The average molecular weight is 278 g/mol. The zero-order chi connectivity index (χ0) is 14.6. The summed E-state index contributed by atoms with van der Waals surface area (Å²) in [6.07, 6.45) is 3.56. The molecule has 0 aliphatic heterocycles. The molecule has 1 aliphatic rings. The largest absolute Gasteiger partial charge is 0.478 e. The van der Waals surface area contributed by atoms with Crippen LogP contribution < -0.4 is 15.8 Å². The molecule has 108 valence electrons. The number of pyridine rings is 1. The third-order valence-electron chi connectivity index (χ3n) is 3.53. The Morgan fingerprint density at radius 3 is 2.80 bits per heavy atom. The molecule has 1 fully saturated rings. The average Bonchev–Trinajstić information content (AvgIpc) is 2.39. The van der Waals surface area contributed by atoms with E-state index >= 15 is 0 Å². The quantitative estimate of drug-likeness (QED) is 0.326. The molecule has 0 radical (unpaired) electrons. The van der Waals surface area contributed by atoms with Crippen molar-refractivity contribution in [1.29, 1.82) is 0 Å². The van der Waals surface area contributed by atoms with Gasteiger partial charge in [0.2, 0.25) is 11.8 Å². The number of carbonyl (C=O) groups is 1. The molecule has 1 amide bonds. The summed E-state index contributed by atoms with van der Waals surface area (Å²) in [6, 6.07) is 3.38. The van der Waals surface area contributed by atoms with Gasteiger partial charge in [-0.05, 0) is 25.8 Å². The van der Waals surface area contributed by atoms with Gasteiger partial charge in [-0.1, -0.05) is 11.6 Å². The van der Waals surface area contributed by atoms with Crippen molar-refractivity contribution in [3.63, 3.8) is 0 Å². The van der Waals surface area contributed by atoms with E-state index in [0.717, 1.165) is 6.42 Å². The van der Waals surface area contributed by atoms with Gasteiger partial charge in [0.15, 0.2) is 5.84 Å². The SMILES string of the molecule is CCOc1ccc(NC(=O)C2(/C(N)=N/O)CCC2)cn1. The number of hydrogen-bond donors (Lipinski definition) is 3. The van der Waals surface area contributed by atoms with Crippen LogP contribution >= 0.6 is 0 Å². The molecule has 0 unspecified atom stereocenters. The Balaban J connectivity index is 2.07. The molecule has 1 aliphatic carbocycles. The fourth-order valence-electron chi connectivity index (χ4n) is 2.16. The number of carbonyl (C=O) groups excluding carboxylic acids is 1. The summed E-state index contributed by atoms with van der Waals surface area (Å²) in [5.41, 5.74) is 5.29. The molecule has 7 heteroatoms. The van der Waals surface area contributed by atoms with Crippen LogP contribution in [0.5, 0.6) is 5.88 Å². The highest BCUT2D eigenvalue weighted by Crippen LogP contribution is 2.42. The van der Waals surface area contributed by atoms with Crippen molar-refractivity contribution in [2.75, 3.05) is 11.9 Å². The predicted octanol–water partition coefficient (Wildman–Crippen LogP) is 1.34. The zero-order valence-electron chi connectivity index (χ0n) is 11.3. The van der Waals surface area contributed by atoms with Crippen LogP contribution in [0.2, 0.25) is 0 Å². The third kappa shape index (κ3) is 2.52. The lowest BCUT2D eigenvalue weighted by Crippen LogP contribution is -2.51. The highest BCUT2D eigenvalue weighted by Gasteiger charge is 2.48. The van der Waals surface area contributed by atoms with Gasteiger partial charge in [0.25, 0.3) is 0 Å². The Bertz CT molecular complexity index is 509. The number of anilines is 1. The van der Waals surface area contributed by atoms with Crippen LogP contribution in [0, 0.1) is 5.41 Å². The Hall–Kier alpha value is -2.31. The number of nitrogens with two attached hydrogens (primary N) is 1. The van der Waals surface area contributed by atoms with Crippen LogP contribution in [0.1, 0.15) is 26.2 Å². The zero-order valence-corrected chi connectivity index (χ0v) is 11.3. The van der Waals surface area contributed by atoms with Gasteiger partial charge in [-0.2, -0.15) is 0 Å². The van der Waals surface area contributed by atoms with E-state index in [4.69, 9.17) is 15.7 Å². The van der Waals surface area contributed by atoms with Crippen LogP contribution in [-0.4, -0.2) is 28.5 Å². The van der Waals surface area contributed by atoms with Gasteiger partial charge in [0, 0.05) is 6.07 Å². The van der Waals surface area contributed by atoms with Gasteiger partial charge in [-0.3, -0.25) is 4.79 Å². The number of rotatable bonds is 5. The Labute approximate surface area is 116 Å². The molecular weight excluding hydrogens is 260 g/mol. The summed E-state index contributed by atoms with van der Waals surface area (Å²) < 4.78 is 5.23. The predicted molar refractivity (Wildman–Crippen MR) is 73.7 cm³/mol. The lowest BCUT2D eigenvalue weighted by molar-refractivity contribution is -0.125. The monoisotopic (exact) mass is 278 g/mol. The van der Waals surface area contributed by atoms with Crippen molar-refractivity contribution in [3.05, 3.63) is 18.3 Å². The molecule has 0 bridgehead atoms. The number of aromatic nitrogens is 1. The number of oxime groups is 1. The number of amides is 1. The molecular formula is C13H18N4O3. The maximum absolute atomic E-state index is 12.3. The van der Waals surface area contributed by atoms with Crippen molar-refractivity contribution < 1.29 is 14.7 Å². The summed E-state index contributed by atoms with van der Waals surface area (Å²) in [5.74, 6) is 0.186. The minimum Gasteiger partial charge on any atom is -0.478 e. The molecule has 7 nitrogen and oxygen atoms in total. The summed E-state index contributed by atoms with van der Waals surface area (Å²) in [7, 11) is 0. The van der Waals surface area contributed by atoms with Crippen LogP contribution in [0.3, 0.4) is 0 Å². The molecule has 1 aromatic heterocycles. The summed E-state index contributed by atoms with van der Waals surface area (Å²) in [4.78, 5) is 16.4. The van der Waals surface area contributed by atoms with E-state index in [1.807, 2.05) is 6.92 Å². The van der Waals surface area contributed by atoms with Gasteiger partial charge in [-0.15, -0.1) is 0 Å². The number of nitrogens with zero attached hydrogens (tertiary/aromatic N) is 2. The normalized spacial score (nSPS) is 17.1. The molecule has 1 aromatic rings. The van der Waals surface area contributed by atoms with E-state index in [1.54, 1.807) is 12.1 Å². The fraction of sp³-hybridized carbons (Fsp3) is 0.462. The summed E-state index contributed by atoms with van der Waals surface area (Å²) >= 11 is 0. The Morgan fingerprint density at radius 2 is 2.35 bits per heavy atom. The molecule has 0 saturated heterocycles. The molecule has 2 rings (SSSR count). The molecule has 0 atom stereocenters. The molecule has 0 aromatic carbocycles. The van der Waals surface area contributed by atoms with Crippen LogP contribution in [0.4, 0.5) is 5.69 Å². The maximum Gasteiger partial charge on any atom is 0.238 e. The highest BCUT2D eigenvalue weighted by molar-refractivity contribution is 6.12. The smallest absolute Gasteiger partial charge is 0.238 e. The number of ether oxygens (including phenoxy) is 1. The second kappa shape index (κ2) is 5.77. The first-order valence-electron chi connectivity index (χ1n) is 6.50. The van der Waals surface area contributed by atoms with Crippen molar-refractivity contribution >= 4 is 17.4 Å². The number of amidine groups is 1. The van der Waals surface area contributed by atoms with Crippen LogP contribution in [-0.2, 0) is 4.79 Å². The molecule has 0 spiro atoms. The number of hydrogen-bond acceptors (Lipinski definition) is 5. The topological polar surface area (TPSA) is 110 Å². The van der Waals surface area contributed by atoms with Crippen molar-refractivity contribution in [3.8, 4) is 5.88 Å². The van der Waals surface area contributed by atoms with Crippen molar-refractivity contribution in [1.82, 2.24) is 4.98 Å². The minimum absolute atomic E-state index is 0.0415. The molecule has 20 heavy (non-hydrogen) atoms. The second-order valence-corrected chi connectivity index (χ2v) is 4.69. The standard InChI is InChI=1S/C13H18N4O3/c1-2-20-10-5-4-9(8-15-10)16-12(18)13(6-3-7-13)11(14)17-19/h4-5,8,19H,2-3,6-7H2,1H3,(H2,14,17)(H,16,18). The molecule has 1 saturated carbocycles. The lowest BCUT2D eigenvalue weighted by atomic mass is 9.67. The summed E-state index contributed by atoms with van der Waals surface area (Å²) in [6.45, 7) is 2.40. The van der Waals surface area contributed by atoms with Crippen LogP contribution in [0.25, 0.3) is 0 Å².